The van der Waals surface area contributed by atoms with Crippen LogP contribution in [-0.2, 0) is 0 Å². The van der Waals surface area contributed by atoms with E-state index < -0.39 is 17.2 Å². The zero-order chi connectivity index (χ0) is 42.5. The predicted molar refractivity (Wildman–Crippen MR) is 255 cm³/mol. The summed E-state index contributed by atoms with van der Waals surface area (Å²) in [6, 6.07) is 48.4. The molecule has 3 saturated heterocycles. The maximum absolute atomic E-state index is 6.28. The van der Waals surface area contributed by atoms with Crippen LogP contribution in [0.15, 0.2) is 146 Å². The fraction of sp³-hybridized carbons (Fsp3) is 0.294. The summed E-state index contributed by atoms with van der Waals surface area (Å²) < 4.78 is 36.7. The SMILES string of the molecule is Cc1ccc(OP(Oc2ccc(C)cc2)Oc2ccc(C)cc2)cc1.c1cc(N2CCCC2)ccc1OP(Oc1ccc(N2CCCC2)cc1)Oc1ccc(N2CCCC2)cc1. The van der Waals surface area contributed by atoms with Crippen molar-refractivity contribution in [1.82, 2.24) is 0 Å². The topological polar surface area (TPSA) is 65.1 Å². The molecule has 9 rings (SSSR count). The van der Waals surface area contributed by atoms with Crippen molar-refractivity contribution in [1.29, 1.82) is 0 Å². The standard InChI is InChI=1S/C30H36N3O3P.C21H21O3P/c1-2-20-31(19-1)25-7-13-28(14-8-25)34-37(35-29-15-9-26(10-16-29)32-21-3-4-22-32)36-30-17-11-27(12-18-30)33-23-5-6-24-33;1-16-4-10-19(11-5-16)22-25(23-20-12-6-17(2)7-13-20)24-21-14-8-18(3)9-15-21/h7-18H,1-6,19-24H2;4-15H,1-3H3. The molecule has 0 saturated carbocycles. The highest BCUT2D eigenvalue weighted by Crippen LogP contribution is 2.44. The van der Waals surface area contributed by atoms with Gasteiger partial charge in [0, 0.05) is 56.3 Å². The van der Waals surface area contributed by atoms with E-state index in [1.165, 1.54) is 72.3 Å². The van der Waals surface area contributed by atoms with E-state index in [4.69, 9.17) is 27.1 Å². The van der Waals surface area contributed by atoms with Crippen molar-refractivity contribution in [3.8, 4) is 34.5 Å². The molecule has 0 aromatic heterocycles. The van der Waals surface area contributed by atoms with E-state index >= 15 is 0 Å². The summed E-state index contributed by atoms with van der Waals surface area (Å²) in [6.45, 7) is 12.9. The number of hydrogen-bond donors (Lipinski definition) is 0. The van der Waals surface area contributed by atoms with Gasteiger partial charge in [-0.05, 0) is 168 Å². The zero-order valence-corrected chi connectivity index (χ0v) is 37.8. The van der Waals surface area contributed by atoms with Gasteiger partial charge < -0.3 is 41.8 Å². The van der Waals surface area contributed by atoms with Gasteiger partial charge in [-0.3, -0.25) is 0 Å². The Hall–Kier alpha value is -5.62. The van der Waals surface area contributed by atoms with Crippen LogP contribution in [0, 0.1) is 20.8 Å². The lowest BCUT2D eigenvalue weighted by Gasteiger charge is -2.21. The second kappa shape index (κ2) is 21.4. The molecule has 0 N–H and O–H groups in total. The van der Waals surface area contributed by atoms with Crippen molar-refractivity contribution < 1.29 is 27.1 Å². The summed E-state index contributed by atoms with van der Waals surface area (Å²) in [5, 5.41) is 0. The van der Waals surface area contributed by atoms with E-state index in [2.05, 4.69) is 51.1 Å². The highest BCUT2D eigenvalue weighted by molar-refractivity contribution is 7.43. The Morgan fingerprint density at radius 2 is 0.452 bits per heavy atom. The van der Waals surface area contributed by atoms with Crippen LogP contribution in [0.3, 0.4) is 0 Å². The van der Waals surface area contributed by atoms with Crippen LogP contribution in [-0.4, -0.2) is 39.3 Å². The molecule has 322 valence electrons. The van der Waals surface area contributed by atoms with E-state index in [-0.39, 0.29) is 0 Å². The van der Waals surface area contributed by atoms with E-state index in [0.717, 1.165) is 73.8 Å². The monoisotopic (exact) mass is 869 g/mol. The molecule has 11 heteroatoms. The van der Waals surface area contributed by atoms with Gasteiger partial charge in [-0.25, -0.2) is 0 Å². The first-order chi connectivity index (χ1) is 30.4. The van der Waals surface area contributed by atoms with Gasteiger partial charge in [0.05, 0.1) is 0 Å². The van der Waals surface area contributed by atoms with E-state index in [1.54, 1.807) is 0 Å². The van der Waals surface area contributed by atoms with Gasteiger partial charge in [-0.2, -0.15) is 0 Å². The quantitative estimate of drug-likeness (QED) is 0.0939. The molecule has 3 fully saturated rings. The van der Waals surface area contributed by atoms with Crippen LogP contribution in [0.4, 0.5) is 17.1 Å². The molecule has 62 heavy (non-hydrogen) atoms. The normalized spacial score (nSPS) is 14.8. The molecule has 0 spiro atoms. The fourth-order valence-corrected chi connectivity index (χ4v) is 9.49. The van der Waals surface area contributed by atoms with Crippen LogP contribution in [0.5, 0.6) is 34.5 Å². The number of benzene rings is 6. The van der Waals surface area contributed by atoms with Gasteiger partial charge in [0.2, 0.25) is 0 Å². The largest absolute Gasteiger partial charge is 0.530 e. The Balaban J connectivity index is 0.000000185. The van der Waals surface area contributed by atoms with Crippen molar-refractivity contribution in [3.63, 3.8) is 0 Å². The summed E-state index contributed by atoms with van der Waals surface area (Å²) in [5.74, 6) is 4.40. The average Bonchev–Trinajstić information content (AvgIpc) is 4.13. The summed E-state index contributed by atoms with van der Waals surface area (Å²) in [6.07, 6.45) is 7.57. The molecular weight excluding hydrogens is 813 g/mol. The van der Waals surface area contributed by atoms with Crippen molar-refractivity contribution >= 4 is 34.3 Å². The van der Waals surface area contributed by atoms with Crippen LogP contribution < -0.4 is 41.8 Å². The minimum Gasteiger partial charge on any atom is -0.409 e. The summed E-state index contributed by atoms with van der Waals surface area (Å²) in [4.78, 5) is 7.26. The maximum Gasteiger partial charge on any atom is 0.530 e. The number of rotatable bonds is 15. The zero-order valence-electron chi connectivity index (χ0n) is 36.0. The number of aryl methyl sites for hydroxylation is 3. The van der Waals surface area contributed by atoms with Gasteiger partial charge in [-0.1, -0.05) is 53.1 Å². The molecule has 0 amide bonds. The molecule has 6 aromatic carbocycles. The molecule has 0 atom stereocenters. The van der Waals surface area contributed by atoms with Crippen LogP contribution in [0.1, 0.15) is 55.2 Å². The first-order valence-corrected chi connectivity index (χ1v) is 24.0. The second-order valence-corrected chi connectivity index (χ2v) is 18.0. The third-order valence-corrected chi connectivity index (χ3v) is 13.2. The predicted octanol–water partition coefficient (Wildman–Crippen LogP) is 13.6. The van der Waals surface area contributed by atoms with Gasteiger partial charge in [-0.15, -0.1) is 0 Å². The third kappa shape index (κ3) is 12.5. The molecule has 0 radical (unpaired) electrons. The van der Waals surface area contributed by atoms with Gasteiger partial charge in [0.25, 0.3) is 0 Å². The molecule has 0 aliphatic carbocycles. The first kappa shape index (κ1) is 43.0. The highest BCUT2D eigenvalue weighted by Gasteiger charge is 2.23. The highest BCUT2D eigenvalue weighted by atomic mass is 31.2. The molecule has 3 heterocycles. The number of anilines is 3. The van der Waals surface area contributed by atoms with E-state index in [9.17, 15) is 0 Å². The Bertz CT molecular complexity index is 1980. The lowest BCUT2D eigenvalue weighted by atomic mass is 10.2. The van der Waals surface area contributed by atoms with E-state index in [1.807, 2.05) is 130 Å². The summed E-state index contributed by atoms with van der Waals surface area (Å²) in [5.41, 5.74) is 7.25. The number of hydrogen-bond acceptors (Lipinski definition) is 9. The molecule has 6 aromatic rings. The molecule has 3 aliphatic heterocycles. The average molecular weight is 870 g/mol. The Morgan fingerprint density at radius 3 is 0.645 bits per heavy atom. The lowest BCUT2D eigenvalue weighted by Crippen LogP contribution is -2.17. The van der Waals surface area contributed by atoms with Gasteiger partial charge in [0.15, 0.2) is 0 Å². The minimum absolute atomic E-state index is 0.718. The van der Waals surface area contributed by atoms with Crippen LogP contribution in [0.2, 0.25) is 0 Å². The van der Waals surface area contributed by atoms with E-state index in [0.29, 0.717) is 0 Å². The first-order valence-electron chi connectivity index (χ1n) is 21.8. The number of nitrogens with zero attached hydrogens (tertiary/aromatic N) is 3. The molecule has 9 nitrogen and oxygen atoms in total. The Labute approximate surface area is 370 Å². The third-order valence-electron chi connectivity index (χ3n) is 11.1. The lowest BCUT2D eigenvalue weighted by molar-refractivity contribution is 0.387. The molecule has 0 unspecified atom stereocenters. The van der Waals surface area contributed by atoms with Gasteiger partial charge in [0.1, 0.15) is 34.5 Å². The Kier molecular flexibility index (Phi) is 14.9. The second-order valence-electron chi connectivity index (χ2n) is 16.0. The van der Waals surface area contributed by atoms with Gasteiger partial charge >= 0.3 is 17.2 Å². The minimum atomic E-state index is -1.69. The van der Waals surface area contributed by atoms with Crippen molar-refractivity contribution in [2.45, 2.75) is 59.3 Å². The smallest absolute Gasteiger partial charge is 0.409 e. The van der Waals surface area contributed by atoms with Crippen LogP contribution >= 0.6 is 17.2 Å². The molecule has 0 bridgehead atoms. The molecular formula is C51H57N3O6P2. The van der Waals surface area contributed by atoms with Crippen molar-refractivity contribution in [2.24, 2.45) is 0 Å². The fourth-order valence-electron chi connectivity index (χ4n) is 7.51. The Morgan fingerprint density at radius 1 is 0.274 bits per heavy atom. The van der Waals surface area contributed by atoms with Crippen molar-refractivity contribution in [3.05, 3.63) is 162 Å². The molecule has 3 aliphatic rings. The summed E-state index contributed by atoms with van der Waals surface area (Å²) in [7, 11) is -3.31. The van der Waals surface area contributed by atoms with Crippen LogP contribution in [0.25, 0.3) is 0 Å². The summed E-state index contributed by atoms with van der Waals surface area (Å²) >= 11 is 0. The maximum atomic E-state index is 6.28. The van der Waals surface area contributed by atoms with Crippen molar-refractivity contribution in [2.75, 3.05) is 54.0 Å².